The molecule has 0 radical (unpaired) electrons. The number of rotatable bonds is 7. The van der Waals surface area contributed by atoms with Crippen molar-refractivity contribution in [3.05, 3.63) is 111 Å². The topological polar surface area (TPSA) is 101 Å². The van der Waals surface area contributed by atoms with Gasteiger partial charge in [0.05, 0.1) is 10.5 Å². The molecule has 0 atom stereocenters. The number of nitro benzene ring substituents is 1. The number of nitrogens with zero attached hydrogens (tertiary/aromatic N) is 2. The fraction of sp³-hybridized carbons (Fsp3) is 0.0909. The Morgan fingerprint density at radius 3 is 1.83 bits per heavy atom. The van der Waals surface area contributed by atoms with Gasteiger partial charge in [0.1, 0.15) is 5.56 Å². The smallest absolute Gasteiger partial charge is 0.335 e. The quantitative estimate of drug-likeness (QED) is 0.483. The lowest BCUT2D eigenvalue weighted by atomic mass is 10.1. The normalized spacial score (nSPS) is 10.3. The predicted octanol–water partition coefficient (Wildman–Crippen LogP) is 4.14. The van der Waals surface area contributed by atoms with Crippen molar-refractivity contribution in [2.45, 2.75) is 13.1 Å². The largest absolute Gasteiger partial charge is 0.478 e. The molecule has 1 N–H and O–H groups in total. The van der Waals surface area contributed by atoms with Crippen LogP contribution in [0.4, 0.5) is 5.69 Å². The molecule has 7 nitrogen and oxygen atoms in total. The van der Waals surface area contributed by atoms with E-state index in [1.807, 2.05) is 60.7 Å². The lowest BCUT2D eigenvalue weighted by Crippen LogP contribution is -2.30. The Bertz CT molecular complexity index is 994. The zero-order valence-corrected chi connectivity index (χ0v) is 15.4. The minimum Gasteiger partial charge on any atom is -0.478 e. The van der Waals surface area contributed by atoms with Crippen LogP contribution in [0.1, 0.15) is 31.8 Å². The maximum absolute atomic E-state index is 13.2. The number of nitro groups is 1. The van der Waals surface area contributed by atoms with Crippen LogP contribution in [0, 0.1) is 10.1 Å². The molecule has 0 fully saturated rings. The van der Waals surface area contributed by atoms with Crippen molar-refractivity contribution < 1.29 is 19.6 Å². The summed E-state index contributed by atoms with van der Waals surface area (Å²) in [5.41, 5.74) is 0.835. The van der Waals surface area contributed by atoms with Gasteiger partial charge < -0.3 is 10.0 Å². The molecule has 1 amide bonds. The Balaban J connectivity index is 1.99. The average molecular weight is 390 g/mol. The maximum Gasteiger partial charge on any atom is 0.335 e. The molecule has 146 valence electrons. The number of carboxylic acids is 1. The third-order valence-corrected chi connectivity index (χ3v) is 4.39. The summed E-state index contributed by atoms with van der Waals surface area (Å²) in [6.45, 7) is 0.513. The van der Waals surface area contributed by atoms with Gasteiger partial charge in [-0.2, -0.15) is 0 Å². The Hall–Kier alpha value is -4.00. The number of amides is 1. The van der Waals surface area contributed by atoms with Crippen molar-refractivity contribution >= 4 is 17.6 Å². The molecular formula is C22H18N2O5. The third kappa shape index (κ3) is 4.84. The molecule has 0 bridgehead atoms. The second-order valence-corrected chi connectivity index (χ2v) is 6.43. The first-order valence-corrected chi connectivity index (χ1v) is 8.84. The van der Waals surface area contributed by atoms with E-state index in [0.717, 1.165) is 17.2 Å². The Morgan fingerprint density at radius 2 is 1.38 bits per heavy atom. The van der Waals surface area contributed by atoms with Crippen molar-refractivity contribution in [3.8, 4) is 0 Å². The second kappa shape index (κ2) is 8.79. The summed E-state index contributed by atoms with van der Waals surface area (Å²) in [4.78, 5) is 36.6. The number of carboxylic acid groups (broad SMARTS) is 1. The van der Waals surface area contributed by atoms with Crippen molar-refractivity contribution in [2.75, 3.05) is 0 Å². The molecular weight excluding hydrogens is 372 g/mol. The molecule has 0 aromatic heterocycles. The van der Waals surface area contributed by atoms with Crippen LogP contribution in [-0.4, -0.2) is 26.8 Å². The van der Waals surface area contributed by atoms with Gasteiger partial charge in [-0.3, -0.25) is 14.9 Å². The molecule has 0 aliphatic rings. The number of benzene rings is 3. The van der Waals surface area contributed by atoms with Gasteiger partial charge >= 0.3 is 5.97 Å². The molecule has 7 heteroatoms. The zero-order valence-electron chi connectivity index (χ0n) is 15.4. The minimum absolute atomic E-state index is 0.146. The monoisotopic (exact) mass is 390 g/mol. The molecule has 3 aromatic rings. The van der Waals surface area contributed by atoms with Gasteiger partial charge in [0.2, 0.25) is 0 Å². The van der Waals surface area contributed by atoms with Crippen molar-refractivity contribution in [3.63, 3.8) is 0 Å². The van der Waals surface area contributed by atoms with E-state index in [1.165, 1.54) is 17.0 Å². The van der Waals surface area contributed by atoms with Gasteiger partial charge in [0.15, 0.2) is 0 Å². The molecule has 3 rings (SSSR count). The molecule has 0 unspecified atom stereocenters. The number of hydrogen-bond donors (Lipinski definition) is 1. The average Bonchev–Trinajstić information content (AvgIpc) is 2.73. The fourth-order valence-corrected chi connectivity index (χ4v) is 2.97. The number of hydrogen-bond acceptors (Lipinski definition) is 4. The highest BCUT2D eigenvalue weighted by Crippen LogP contribution is 2.24. The van der Waals surface area contributed by atoms with Crippen LogP contribution in [-0.2, 0) is 13.1 Å². The molecule has 0 saturated heterocycles. The van der Waals surface area contributed by atoms with E-state index >= 15 is 0 Å². The minimum atomic E-state index is -1.29. The van der Waals surface area contributed by atoms with Gasteiger partial charge in [0, 0.05) is 19.2 Å². The van der Waals surface area contributed by atoms with E-state index in [-0.39, 0.29) is 24.2 Å². The lowest BCUT2D eigenvalue weighted by molar-refractivity contribution is -0.385. The first kappa shape index (κ1) is 19.8. The van der Waals surface area contributed by atoms with Crippen molar-refractivity contribution in [2.24, 2.45) is 0 Å². The van der Waals surface area contributed by atoms with Gasteiger partial charge in [-0.15, -0.1) is 0 Å². The lowest BCUT2D eigenvalue weighted by Gasteiger charge is -2.23. The molecule has 0 spiro atoms. The summed E-state index contributed by atoms with van der Waals surface area (Å²) in [5.74, 6) is -1.83. The number of aromatic carboxylic acids is 1. The third-order valence-electron chi connectivity index (χ3n) is 4.39. The Morgan fingerprint density at radius 1 is 0.862 bits per heavy atom. The SMILES string of the molecule is O=C(O)c1ccc(C(=O)N(Cc2ccccc2)Cc2ccccc2)c([N+](=O)[O-])c1. The summed E-state index contributed by atoms with van der Waals surface area (Å²) >= 11 is 0. The highest BCUT2D eigenvalue weighted by atomic mass is 16.6. The van der Waals surface area contributed by atoms with Gasteiger partial charge in [-0.05, 0) is 23.3 Å². The van der Waals surface area contributed by atoms with E-state index in [1.54, 1.807) is 0 Å². The second-order valence-electron chi connectivity index (χ2n) is 6.43. The Kier molecular flexibility index (Phi) is 5.99. The van der Waals surface area contributed by atoms with E-state index < -0.39 is 22.5 Å². The molecule has 0 aliphatic heterocycles. The van der Waals surface area contributed by atoms with E-state index in [4.69, 9.17) is 5.11 Å². The number of carbonyl (C=O) groups is 2. The van der Waals surface area contributed by atoms with Crippen LogP contribution < -0.4 is 0 Å². The van der Waals surface area contributed by atoms with Crippen LogP contribution in [0.5, 0.6) is 0 Å². The van der Waals surface area contributed by atoms with Crippen LogP contribution in [0.25, 0.3) is 0 Å². The van der Waals surface area contributed by atoms with E-state index in [9.17, 15) is 19.7 Å². The predicted molar refractivity (Wildman–Crippen MR) is 107 cm³/mol. The van der Waals surface area contributed by atoms with Gasteiger partial charge in [-0.1, -0.05) is 60.7 Å². The molecule has 0 heterocycles. The highest BCUT2D eigenvalue weighted by molar-refractivity contribution is 6.00. The maximum atomic E-state index is 13.2. The summed E-state index contributed by atoms with van der Waals surface area (Å²) in [7, 11) is 0. The fourth-order valence-electron chi connectivity index (χ4n) is 2.97. The Labute approximate surface area is 167 Å². The molecule has 29 heavy (non-hydrogen) atoms. The van der Waals surface area contributed by atoms with Gasteiger partial charge in [-0.25, -0.2) is 4.79 Å². The van der Waals surface area contributed by atoms with Crippen LogP contribution in [0.3, 0.4) is 0 Å². The van der Waals surface area contributed by atoms with Crippen LogP contribution >= 0.6 is 0 Å². The molecule has 0 saturated carbocycles. The standard InChI is InChI=1S/C22H18N2O5/c25-21(19-12-11-18(22(26)27)13-20(19)24(28)29)23(14-16-7-3-1-4-8-16)15-17-9-5-2-6-10-17/h1-13H,14-15H2,(H,26,27). The first-order chi connectivity index (χ1) is 14.0. The van der Waals surface area contributed by atoms with Crippen molar-refractivity contribution in [1.29, 1.82) is 0 Å². The van der Waals surface area contributed by atoms with Gasteiger partial charge in [0.25, 0.3) is 11.6 Å². The summed E-state index contributed by atoms with van der Waals surface area (Å²) in [6.07, 6.45) is 0. The zero-order chi connectivity index (χ0) is 20.8. The van der Waals surface area contributed by atoms with E-state index in [0.29, 0.717) is 0 Å². The molecule has 3 aromatic carbocycles. The van der Waals surface area contributed by atoms with E-state index in [2.05, 4.69) is 0 Å². The highest BCUT2D eigenvalue weighted by Gasteiger charge is 2.26. The summed E-state index contributed by atoms with van der Waals surface area (Å²) in [6, 6.07) is 21.9. The number of carbonyl (C=O) groups excluding carboxylic acids is 1. The molecule has 0 aliphatic carbocycles. The van der Waals surface area contributed by atoms with Crippen LogP contribution in [0.2, 0.25) is 0 Å². The summed E-state index contributed by atoms with van der Waals surface area (Å²) < 4.78 is 0. The van der Waals surface area contributed by atoms with Crippen LogP contribution in [0.15, 0.2) is 78.9 Å². The van der Waals surface area contributed by atoms with Crippen molar-refractivity contribution in [1.82, 2.24) is 4.90 Å². The summed E-state index contributed by atoms with van der Waals surface area (Å²) in [5, 5.41) is 20.6. The first-order valence-electron chi connectivity index (χ1n) is 8.84.